The summed E-state index contributed by atoms with van der Waals surface area (Å²) in [5.41, 5.74) is 10.9. The van der Waals surface area contributed by atoms with E-state index in [0.717, 1.165) is 18.8 Å². The van der Waals surface area contributed by atoms with Crippen LogP contribution in [0.5, 0.6) is 0 Å². The highest BCUT2D eigenvalue weighted by Gasteiger charge is 1.92. The Balaban J connectivity index is 3.78. The van der Waals surface area contributed by atoms with Gasteiger partial charge in [0.25, 0.3) is 0 Å². The van der Waals surface area contributed by atoms with Crippen molar-refractivity contribution in [3.8, 4) is 0 Å². The lowest BCUT2D eigenvalue weighted by Gasteiger charge is -2.00. The molecule has 0 saturated carbocycles. The van der Waals surface area contributed by atoms with Crippen LogP contribution in [0.4, 0.5) is 0 Å². The first-order valence-electron chi connectivity index (χ1n) is 4.09. The Kier molecular flexibility index (Phi) is 5.28. The summed E-state index contributed by atoms with van der Waals surface area (Å²) in [6, 6.07) is 0.199. The summed E-state index contributed by atoms with van der Waals surface area (Å²) >= 11 is 0. The van der Waals surface area contributed by atoms with E-state index in [-0.39, 0.29) is 6.04 Å². The highest BCUT2D eigenvalue weighted by molar-refractivity contribution is 5.93. The summed E-state index contributed by atoms with van der Waals surface area (Å²) in [5, 5.41) is 0. The molecule has 0 aliphatic heterocycles. The minimum Gasteiger partial charge on any atom is -0.387 e. The lowest BCUT2D eigenvalue weighted by Crippen LogP contribution is -2.16. The molecule has 0 radical (unpaired) electrons. The van der Waals surface area contributed by atoms with Crippen molar-refractivity contribution in [1.82, 2.24) is 0 Å². The second-order valence-corrected chi connectivity index (χ2v) is 2.95. The van der Waals surface area contributed by atoms with Gasteiger partial charge in [-0.05, 0) is 27.2 Å². The molecule has 0 bridgehead atoms. The van der Waals surface area contributed by atoms with E-state index in [1.165, 1.54) is 0 Å². The molecule has 0 spiro atoms. The maximum absolute atomic E-state index is 5.55. The second-order valence-electron chi connectivity index (χ2n) is 2.95. The van der Waals surface area contributed by atoms with Crippen LogP contribution in [0.2, 0.25) is 0 Å². The number of nitrogens with two attached hydrogens (primary N) is 2. The van der Waals surface area contributed by atoms with E-state index in [4.69, 9.17) is 11.5 Å². The highest BCUT2D eigenvalue weighted by atomic mass is 14.9. The Labute approximate surface area is 73.8 Å². The fourth-order valence-electron chi connectivity index (χ4n) is 0.721. The molecule has 4 heteroatoms. The molecule has 70 valence electrons. The molecule has 0 aliphatic carbocycles. The van der Waals surface area contributed by atoms with Crippen LogP contribution in [0.3, 0.4) is 0 Å². The summed E-state index contributed by atoms with van der Waals surface area (Å²) in [5.74, 6) is 1.26. The lowest BCUT2D eigenvalue weighted by molar-refractivity contribution is 0.676. The zero-order valence-electron chi connectivity index (χ0n) is 8.04. The first-order chi connectivity index (χ1) is 5.52. The van der Waals surface area contributed by atoms with Crippen molar-refractivity contribution in [2.24, 2.45) is 21.5 Å². The van der Waals surface area contributed by atoms with Crippen LogP contribution in [0.1, 0.15) is 27.2 Å². The van der Waals surface area contributed by atoms with Crippen LogP contribution < -0.4 is 11.5 Å². The molecule has 12 heavy (non-hydrogen) atoms. The molecule has 0 amide bonds. The molecule has 0 aliphatic rings. The molecule has 0 aromatic heterocycles. The third-order valence-corrected chi connectivity index (χ3v) is 1.26. The van der Waals surface area contributed by atoms with Crippen LogP contribution in [0.25, 0.3) is 0 Å². The molecular weight excluding hydrogens is 152 g/mol. The number of rotatable bonds is 3. The first kappa shape index (κ1) is 11.1. The number of hydrogen-bond acceptors (Lipinski definition) is 2. The van der Waals surface area contributed by atoms with E-state index in [1.807, 2.05) is 13.8 Å². The van der Waals surface area contributed by atoms with Crippen LogP contribution in [-0.4, -0.2) is 24.3 Å². The predicted octanol–water partition coefficient (Wildman–Crippen LogP) is 0.519. The minimum atomic E-state index is 0.199. The van der Waals surface area contributed by atoms with Gasteiger partial charge in [0.05, 0.1) is 5.84 Å². The van der Waals surface area contributed by atoms with Gasteiger partial charge < -0.3 is 11.5 Å². The third kappa shape index (κ3) is 7.21. The van der Waals surface area contributed by atoms with Crippen LogP contribution >= 0.6 is 0 Å². The molecule has 1 unspecified atom stereocenters. The van der Waals surface area contributed by atoms with E-state index in [9.17, 15) is 0 Å². The van der Waals surface area contributed by atoms with Crippen molar-refractivity contribution in [1.29, 1.82) is 0 Å². The SMILES string of the molecule is CC(N)=NC(C)=NCCC(C)N. The van der Waals surface area contributed by atoms with E-state index >= 15 is 0 Å². The molecule has 0 aromatic rings. The molecule has 4 nitrogen and oxygen atoms in total. The average Bonchev–Trinajstić information content (AvgIpc) is 1.84. The Morgan fingerprint density at radius 3 is 2.42 bits per heavy atom. The largest absolute Gasteiger partial charge is 0.387 e. The average molecular weight is 170 g/mol. The molecule has 0 fully saturated rings. The third-order valence-electron chi connectivity index (χ3n) is 1.26. The van der Waals surface area contributed by atoms with E-state index in [0.29, 0.717) is 5.84 Å². The normalized spacial score (nSPS) is 16.3. The van der Waals surface area contributed by atoms with Gasteiger partial charge in [-0.1, -0.05) is 0 Å². The first-order valence-corrected chi connectivity index (χ1v) is 4.09. The van der Waals surface area contributed by atoms with Gasteiger partial charge in [-0.25, -0.2) is 4.99 Å². The molecule has 0 saturated heterocycles. The molecular formula is C8H18N4. The molecule has 4 N–H and O–H groups in total. The van der Waals surface area contributed by atoms with Crippen LogP contribution in [0.15, 0.2) is 9.98 Å². The molecule has 1 atom stereocenters. The highest BCUT2D eigenvalue weighted by Crippen LogP contribution is 1.88. The van der Waals surface area contributed by atoms with Gasteiger partial charge in [-0.15, -0.1) is 0 Å². The van der Waals surface area contributed by atoms with Gasteiger partial charge in [-0.3, -0.25) is 4.99 Å². The number of amidine groups is 2. The number of nitrogens with zero attached hydrogens (tertiary/aromatic N) is 2. The number of aliphatic imine (C=N–C) groups is 2. The summed E-state index contributed by atoms with van der Waals surface area (Å²) < 4.78 is 0. The van der Waals surface area contributed by atoms with E-state index < -0.39 is 0 Å². The van der Waals surface area contributed by atoms with Crippen molar-refractivity contribution in [3.05, 3.63) is 0 Å². The van der Waals surface area contributed by atoms with Gasteiger partial charge in [0.2, 0.25) is 0 Å². The van der Waals surface area contributed by atoms with Gasteiger partial charge in [0, 0.05) is 12.6 Å². The number of hydrogen-bond donors (Lipinski definition) is 2. The Morgan fingerprint density at radius 1 is 1.42 bits per heavy atom. The van der Waals surface area contributed by atoms with Gasteiger partial charge in [0.15, 0.2) is 0 Å². The quantitative estimate of drug-likeness (QED) is 0.478. The van der Waals surface area contributed by atoms with Crippen molar-refractivity contribution >= 4 is 11.7 Å². The Bertz CT molecular complexity index is 177. The van der Waals surface area contributed by atoms with E-state index in [2.05, 4.69) is 9.98 Å². The van der Waals surface area contributed by atoms with Crippen LogP contribution in [0, 0.1) is 0 Å². The second kappa shape index (κ2) is 5.71. The Morgan fingerprint density at radius 2 is 2.00 bits per heavy atom. The smallest absolute Gasteiger partial charge is 0.122 e. The summed E-state index contributed by atoms with van der Waals surface area (Å²) in [6.45, 7) is 6.25. The molecule has 0 aromatic carbocycles. The Hall–Kier alpha value is -0.900. The van der Waals surface area contributed by atoms with Crippen molar-refractivity contribution < 1.29 is 0 Å². The van der Waals surface area contributed by atoms with Crippen molar-refractivity contribution in [2.45, 2.75) is 33.2 Å². The minimum absolute atomic E-state index is 0.199. The summed E-state index contributed by atoms with van der Waals surface area (Å²) in [4.78, 5) is 8.15. The zero-order valence-corrected chi connectivity index (χ0v) is 8.04. The maximum Gasteiger partial charge on any atom is 0.122 e. The lowest BCUT2D eigenvalue weighted by atomic mass is 10.2. The standard InChI is InChI=1S/C8H18N4/c1-6(9)4-5-11-8(3)12-7(2)10/h6H,4-5,9H2,1-3H3,(H2,10,11,12). The molecule has 0 heterocycles. The maximum atomic E-state index is 5.55. The zero-order chi connectivity index (χ0) is 9.56. The van der Waals surface area contributed by atoms with Crippen LogP contribution in [-0.2, 0) is 0 Å². The van der Waals surface area contributed by atoms with E-state index in [1.54, 1.807) is 6.92 Å². The van der Waals surface area contributed by atoms with Gasteiger partial charge in [-0.2, -0.15) is 0 Å². The summed E-state index contributed by atoms with van der Waals surface area (Å²) in [7, 11) is 0. The van der Waals surface area contributed by atoms with Gasteiger partial charge in [0.1, 0.15) is 5.84 Å². The van der Waals surface area contributed by atoms with Gasteiger partial charge >= 0.3 is 0 Å². The topological polar surface area (TPSA) is 76.8 Å². The monoisotopic (exact) mass is 170 g/mol. The summed E-state index contributed by atoms with van der Waals surface area (Å²) in [6.07, 6.45) is 0.885. The molecule has 0 rings (SSSR count). The van der Waals surface area contributed by atoms with Crippen molar-refractivity contribution in [3.63, 3.8) is 0 Å². The predicted molar refractivity (Wildman–Crippen MR) is 53.5 cm³/mol. The fourth-order valence-corrected chi connectivity index (χ4v) is 0.721. The fraction of sp³-hybridized carbons (Fsp3) is 0.750. The van der Waals surface area contributed by atoms with Crippen molar-refractivity contribution in [2.75, 3.05) is 6.54 Å².